The van der Waals surface area contributed by atoms with Gasteiger partial charge in [0.15, 0.2) is 0 Å². The van der Waals surface area contributed by atoms with E-state index >= 15 is 0 Å². The van der Waals surface area contributed by atoms with Crippen LogP contribution in [0.3, 0.4) is 0 Å². The Bertz CT molecular complexity index is 706. The van der Waals surface area contributed by atoms with Crippen LogP contribution in [0.5, 0.6) is 0 Å². The highest BCUT2D eigenvalue weighted by Gasteiger charge is 2.18. The maximum atomic E-state index is 12.6. The lowest BCUT2D eigenvalue weighted by Crippen LogP contribution is -2.35. The van der Waals surface area contributed by atoms with Crippen LogP contribution >= 0.6 is 0 Å². The van der Waals surface area contributed by atoms with E-state index in [0.717, 1.165) is 37.1 Å². The van der Waals surface area contributed by atoms with Crippen LogP contribution in [0.1, 0.15) is 47.2 Å². The number of amides is 2. The van der Waals surface area contributed by atoms with E-state index in [9.17, 15) is 9.59 Å². The highest BCUT2D eigenvalue weighted by atomic mass is 16.2. The fourth-order valence-electron chi connectivity index (χ4n) is 3.06. The molecule has 0 bridgehead atoms. The number of aryl methyl sites for hydroxylation is 1. The van der Waals surface area contributed by atoms with E-state index in [1.807, 2.05) is 29.2 Å². The number of nitrogens with one attached hydrogen (secondary N) is 2. The molecule has 1 aromatic heterocycles. The second-order valence-corrected chi connectivity index (χ2v) is 6.44. The first-order valence-corrected chi connectivity index (χ1v) is 8.85. The molecule has 3 rings (SSSR count). The molecule has 0 saturated carbocycles. The summed E-state index contributed by atoms with van der Waals surface area (Å²) in [6.07, 6.45) is 7.97. The minimum Gasteiger partial charge on any atom is -0.352 e. The predicted octanol–water partition coefficient (Wildman–Crippen LogP) is 2.28. The van der Waals surface area contributed by atoms with Gasteiger partial charge < -0.3 is 10.2 Å². The van der Waals surface area contributed by atoms with Crippen LogP contribution in [-0.4, -0.2) is 40.0 Å². The minimum absolute atomic E-state index is 0.00559. The van der Waals surface area contributed by atoms with E-state index < -0.39 is 0 Å². The van der Waals surface area contributed by atoms with E-state index in [-0.39, 0.29) is 11.8 Å². The lowest BCUT2D eigenvalue weighted by atomic mass is 10.1. The predicted molar refractivity (Wildman–Crippen MR) is 95.0 cm³/mol. The molecule has 1 saturated heterocycles. The molecule has 2 aromatic rings. The number of rotatable bonds is 6. The Hall–Kier alpha value is -2.63. The number of carbonyl (C=O) groups is 2. The maximum absolute atomic E-state index is 12.6. The van der Waals surface area contributed by atoms with E-state index in [1.165, 1.54) is 6.42 Å². The average molecular weight is 340 g/mol. The van der Waals surface area contributed by atoms with Crippen LogP contribution in [0.15, 0.2) is 36.7 Å². The highest BCUT2D eigenvalue weighted by Crippen LogP contribution is 2.14. The number of benzene rings is 1. The van der Waals surface area contributed by atoms with Gasteiger partial charge >= 0.3 is 0 Å². The normalized spacial score (nSPS) is 14.3. The van der Waals surface area contributed by atoms with Crippen molar-refractivity contribution in [3.05, 3.63) is 53.3 Å². The number of aromatic nitrogens is 2. The number of carbonyl (C=O) groups excluding carboxylic acids is 2. The van der Waals surface area contributed by atoms with Gasteiger partial charge in [0.05, 0.1) is 6.20 Å². The molecule has 2 amide bonds. The summed E-state index contributed by atoms with van der Waals surface area (Å²) in [5.41, 5.74) is 2.66. The number of likely N-dealkylation sites (tertiary alicyclic amines) is 1. The van der Waals surface area contributed by atoms with Gasteiger partial charge in [0.25, 0.3) is 5.91 Å². The summed E-state index contributed by atoms with van der Waals surface area (Å²) >= 11 is 0. The van der Waals surface area contributed by atoms with Crippen LogP contribution in [0.25, 0.3) is 0 Å². The molecule has 2 N–H and O–H groups in total. The summed E-state index contributed by atoms with van der Waals surface area (Å²) in [4.78, 5) is 26.4. The lowest BCUT2D eigenvalue weighted by molar-refractivity contribution is -0.121. The van der Waals surface area contributed by atoms with Crippen molar-refractivity contribution in [1.82, 2.24) is 20.4 Å². The maximum Gasteiger partial charge on any atom is 0.253 e. The zero-order valence-corrected chi connectivity index (χ0v) is 14.3. The van der Waals surface area contributed by atoms with Crippen molar-refractivity contribution >= 4 is 11.8 Å². The van der Waals surface area contributed by atoms with Crippen LogP contribution in [0.4, 0.5) is 0 Å². The van der Waals surface area contributed by atoms with Gasteiger partial charge in [-0.3, -0.25) is 14.7 Å². The molecule has 1 aromatic carbocycles. The summed E-state index contributed by atoms with van der Waals surface area (Å²) in [6, 6.07) is 7.54. The van der Waals surface area contributed by atoms with Crippen molar-refractivity contribution in [2.45, 2.75) is 38.6 Å². The van der Waals surface area contributed by atoms with Crippen molar-refractivity contribution in [3.8, 4) is 0 Å². The number of piperidine rings is 1. The third-order valence-electron chi connectivity index (χ3n) is 4.50. The molecule has 0 aliphatic carbocycles. The van der Waals surface area contributed by atoms with Crippen molar-refractivity contribution in [2.24, 2.45) is 0 Å². The average Bonchev–Trinajstić information content (AvgIpc) is 3.19. The molecule has 6 heteroatoms. The Kier molecular flexibility index (Phi) is 5.82. The van der Waals surface area contributed by atoms with Crippen molar-refractivity contribution in [1.29, 1.82) is 0 Å². The Morgan fingerprint density at radius 2 is 2.00 bits per heavy atom. The van der Waals surface area contributed by atoms with Crippen molar-refractivity contribution in [3.63, 3.8) is 0 Å². The first kappa shape index (κ1) is 17.2. The summed E-state index contributed by atoms with van der Waals surface area (Å²) in [7, 11) is 0. The van der Waals surface area contributed by atoms with Crippen LogP contribution < -0.4 is 5.32 Å². The second kappa shape index (κ2) is 8.46. The van der Waals surface area contributed by atoms with Gasteiger partial charge in [-0.2, -0.15) is 5.10 Å². The Balaban J connectivity index is 1.50. The third kappa shape index (κ3) is 4.92. The van der Waals surface area contributed by atoms with Gasteiger partial charge in [0.2, 0.25) is 5.91 Å². The van der Waals surface area contributed by atoms with Gasteiger partial charge in [0.1, 0.15) is 0 Å². The van der Waals surface area contributed by atoms with Crippen LogP contribution in [0, 0.1) is 0 Å². The van der Waals surface area contributed by atoms with Gasteiger partial charge in [-0.25, -0.2) is 0 Å². The summed E-state index contributed by atoms with van der Waals surface area (Å²) in [5.74, 6) is 0.0850. The van der Waals surface area contributed by atoms with Gasteiger partial charge in [-0.05, 0) is 48.9 Å². The zero-order valence-electron chi connectivity index (χ0n) is 14.3. The first-order valence-electron chi connectivity index (χ1n) is 8.85. The van der Waals surface area contributed by atoms with Gasteiger partial charge in [0, 0.05) is 37.8 Å². The third-order valence-corrected chi connectivity index (χ3v) is 4.50. The minimum atomic E-state index is -0.00559. The summed E-state index contributed by atoms with van der Waals surface area (Å²) in [5, 5.41) is 9.52. The summed E-state index contributed by atoms with van der Waals surface area (Å²) in [6.45, 7) is 2.12. The van der Waals surface area contributed by atoms with Crippen molar-refractivity contribution in [2.75, 3.05) is 13.1 Å². The molecule has 6 nitrogen and oxygen atoms in total. The topological polar surface area (TPSA) is 78.1 Å². The number of H-pyrrole nitrogens is 1. The molecule has 2 heterocycles. The summed E-state index contributed by atoms with van der Waals surface area (Å²) < 4.78 is 0. The molecule has 0 unspecified atom stereocenters. The fourth-order valence-corrected chi connectivity index (χ4v) is 3.06. The number of aromatic amines is 1. The zero-order chi connectivity index (χ0) is 17.5. The Morgan fingerprint density at radius 3 is 2.76 bits per heavy atom. The SMILES string of the molecule is O=C(CCc1cn[nH]c1)NCc1cccc(C(=O)N2CCCCC2)c1. The van der Waals surface area contributed by atoms with Crippen LogP contribution in [0.2, 0.25) is 0 Å². The number of hydrogen-bond donors (Lipinski definition) is 2. The molecular weight excluding hydrogens is 316 g/mol. The quantitative estimate of drug-likeness (QED) is 0.847. The Morgan fingerprint density at radius 1 is 1.16 bits per heavy atom. The lowest BCUT2D eigenvalue weighted by Gasteiger charge is -2.26. The number of nitrogens with zero attached hydrogens (tertiary/aromatic N) is 2. The molecule has 1 fully saturated rings. The fraction of sp³-hybridized carbons (Fsp3) is 0.421. The molecule has 0 spiro atoms. The van der Waals surface area contributed by atoms with Crippen molar-refractivity contribution < 1.29 is 9.59 Å². The van der Waals surface area contributed by atoms with Crippen LogP contribution in [-0.2, 0) is 17.8 Å². The molecule has 0 radical (unpaired) electrons. The number of hydrogen-bond acceptors (Lipinski definition) is 3. The Labute approximate surface area is 147 Å². The molecule has 25 heavy (non-hydrogen) atoms. The van der Waals surface area contributed by atoms with E-state index in [4.69, 9.17) is 0 Å². The van der Waals surface area contributed by atoms with E-state index in [2.05, 4.69) is 15.5 Å². The standard InChI is InChI=1S/C19H24N4O2/c24-18(8-7-16-13-21-22-14-16)20-12-15-5-4-6-17(11-15)19(25)23-9-2-1-3-10-23/h4-6,11,13-14H,1-3,7-10,12H2,(H,20,24)(H,21,22). The molecule has 0 atom stereocenters. The van der Waals surface area contributed by atoms with E-state index in [0.29, 0.717) is 24.9 Å². The van der Waals surface area contributed by atoms with Gasteiger partial charge in [-0.1, -0.05) is 12.1 Å². The first-order chi connectivity index (χ1) is 12.2. The largest absolute Gasteiger partial charge is 0.352 e. The van der Waals surface area contributed by atoms with E-state index in [1.54, 1.807) is 12.4 Å². The molecule has 132 valence electrons. The smallest absolute Gasteiger partial charge is 0.253 e. The molecule has 1 aliphatic heterocycles. The molecule has 1 aliphatic rings. The monoisotopic (exact) mass is 340 g/mol. The molecular formula is C19H24N4O2. The van der Waals surface area contributed by atoms with Gasteiger partial charge in [-0.15, -0.1) is 0 Å². The highest BCUT2D eigenvalue weighted by molar-refractivity contribution is 5.94. The second-order valence-electron chi connectivity index (χ2n) is 6.44.